The van der Waals surface area contributed by atoms with E-state index in [1.54, 1.807) is 24.3 Å². The molecule has 0 bridgehead atoms. The first-order valence-electron chi connectivity index (χ1n) is 9.59. The smallest absolute Gasteiger partial charge is 0.256 e. The van der Waals surface area contributed by atoms with Crippen molar-refractivity contribution in [2.24, 2.45) is 0 Å². The second-order valence-electron chi connectivity index (χ2n) is 7.03. The SMILES string of the molecule is O=C(NC1CCOCC1)c1cc(Cl)ccc1NC(=O)c1cccc2ccccc12. The summed E-state index contributed by atoms with van der Waals surface area (Å²) in [6, 6.07) is 18.2. The maximum absolute atomic E-state index is 13.0. The number of hydrogen-bond acceptors (Lipinski definition) is 3. The van der Waals surface area contributed by atoms with Gasteiger partial charge in [-0.15, -0.1) is 0 Å². The topological polar surface area (TPSA) is 67.4 Å². The molecule has 1 saturated heterocycles. The van der Waals surface area contributed by atoms with Gasteiger partial charge in [-0.2, -0.15) is 0 Å². The van der Waals surface area contributed by atoms with Gasteiger partial charge < -0.3 is 15.4 Å². The van der Waals surface area contributed by atoms with Crippen LogP contribution < -0.4 is 10.6 Å². The van der Waals surface area contributed by atoms with Crippen molar-refractivity contribution in [3.8, 4) is 0 Å². The van der Waals surface area contributed by atoms with Crippen LogP contribution in [0.2, 0.25) is 5.02 Å². The molecule has 1 aliphatic heterocycles. The molecule has 0 aliphatic carbocycles. The van der Waals surface area contributed by atoms with E-state index >= 15 is 0 Å². The molecule has 2 N–H and O–H groups in total. The van der Waals surface area contributed by atoms with Crippen molar-refractivity contribution in [1.82, 2.24) is 5.32 Å². The molecule has 1 aliphatic rings. The van der Waals surface area contributed by atoms with Crippen molar-refractivity contribution in [2.75, 3.05) is 18.5 Å². The van der Waals surface area contributed by atoms with Gasteiger partial charge in [-0.3, -0.25) is 9.59 Å². The van der Waals surface area contributed by atoms with Crippen molar-refractivity contribution in [1.29, 1.82) is 0 Å². The van der Waals surface area contributed by atoms with E-state index in [0.717, 1.165) is 23.6 Å². The molecule has 5 nitrogen and oxygen atoms in total. The number of anilines is 1. The van der Waals surface area contributed by atoms with Crippen LogP contribution >= 0.6 is 11.6 Å². The first-order valence-corrected chi connectivity index (χ1v) is 9.97. The number of rotatable bonds is 4. The highest BCUT2D eigenvalue weighted by Crippen LogP contribution is 2.24. The first kappa shape index (κ1) is 19.4. The van der Waals surface area contributed by atoms with Crippen LogP contribution in [0.15, 0.2) is 60.7 Å². The third kappa shape index (κ3) is 4.42. The molecule has 0 spiro atoms. The van der Waals surface area contributed by atoms with Gasteiger partial charge in [0.05, 0.1) is 11.3 Å². The van der Waals surface area contributed by atoms with Gasteiger partial charge in [0.2, 0.25) is 0 Å². The highest BCUT2D eigenvalue weighted by molar-refractivity contribution is 6.31. The van der Waals surface area contributed by atoms with Crippen molar-refractivity contribution < 1.29 is 14.3 Å². The molecule has 0 saturated carbocycles. The van der Waals surface area contributed by atoms with Gasteiger partial charge in [0, 0.05) is 29.8 Å². The summed E-state index contributed by atoms with van der Waals surface area (Å²) in [5.74, 6) is -0.531. The van der Waals surface area contributed by atoms with Crippen molar-refractivity contribution >= 4 is 39.9 Å². The predicted octanol–water partition coefficient (Wildman–Crippen LogP) is 4.65. The van der Waals surface area contributed by atoms with E-state index in [9.17, 15) is 9.59 Å². The van der Waals surface area contributed by atoms with Crippen LogP contribution in [0, 0.1) is 0 Å². The molecule has 148 valence electrons. The lowest BCUT2D eigenvalue weighted by atomic mass is 10.0. The van der Waals surface area contributed by atoms with E-state index in [1.807, 2.05) is 36.4 Å². The third-order valence-corrected chi connectivity index (χ3v) is 5.30. The molecule has 3 aromatic carbocycles. The molecule has 1 fully saturated rings. The van der Waals surface area contributed by atoms with Gasteiger partial charge in [0.1, 0.15) is 0 Å². The Balaban J connectivity index is 1.59. The fourth-order valence-corrected chi connectivity index (χ4v) is 3.70. The molecule has 2 amide bonds. The average molecular weight is 409 g/mol. The van der Waals surface area contributed by atoms with Crippen LogP contribution in [0.4, 0.5) is 5.69 Å². The van der Waals surface area contributed by atoms with Crippen LogP contribution in [-0.2, 0) is 4.74 Å². The van der Waals surface area contributed by atoms with Crippen molar-refractivity contribution in [2.45, 2.75) is 18.9 Å². The predicted molar refractivity (Wildman–Crippen MR) is 115 cm³/mol. The van der Waals surface area contributed by atoms with Crippen LogP contribution in [0.1, 0.15) is 33.6 Å². The van der Waals surface area contributed by atoms with Gasteiger partial charge in [-0.25, -0.2) is 0 Å². The van der Waals surface area contributed by atoms with Gasteiger partial charge in [-0.1, -0.05) is 48.0 Å². The molecule has 0 aromatic heterocycles. The van der Waals surface area contributed by atoms with E-state index in [2.05, 4.69) is 10.6 Å². The number of hydrogen-bond donors (Lipinski definition) is 2. The second-order valence-corrected chi connectivity index (χ2v) is 7.47. The van der Waals surface area contributed by atoms with Gasteiger partial charge in [0.15, 0.2) is 0 Å². The number of carbonyl (C=O) groups is 2. The molecule has 3 aromatic rings. The normalized spacial score (nSPS) is 14.5. The lowest BCUT2D eigenvalue weighted by molar-refractivity contribution is 0.0697. The van der Waals surface area contributed by atoms with Crippen LogP contribution in [0.25, 0.3) is 10.8 Å². The highest BCUT2D eigenvalue weighted by Gasteiger charge is 2.20. The van der Waals surface area contributed by atoms with Crippen molar-refractivity contribution in [3.63, 3.8) is 0 Å². The monoisotopic (exact) mass is 408 g/mol. The number of halogens is 1. The molecule has 6 heteroatoms. The molecule has 0 unspecified atom stereocenters. The zero-order valence-electron chi connectivity index (χ0n) is 15.8. The summed E-state index contributed by atoms with van der Waals surface area (Å²) in [6.45, 7) is 1.26. The largest absolute Gasteiger partial charge is 0.381 e. The van der Waals surface area contributed by atoms with E-state index in [-0.39, 0.29) is 17.9 Å². The van der Waals surface area contributed by atoms with Gasteiger partial charge >= 0.3 is 0 Å². The summed E-state index contributed by atoms with van der Waals surface area (Å²) in [7, 11) is 0. The minimum absolute atomic E-state index is 0.0526. The van der Waals surface area contributed by atoms with E-state index in [0.29, 0.717) is 35.1 Å². The van der Waals surface area contributed by atoms with Gasteiger partial charge in [0.25, 0.3) is 11.8 Å². The Hall–Kier alpha value is -2.89. The molecular weight excluding hydrogens is 388 g/mol. The van der Waals surface area contributed by atoms with E-state index in [4.69, 9.17) is 16.3 Å². The minimum Gasteiger partial charge on any atom is -0.381 e. The second kappa shape index (κ2) is 8.64. The zero-order valence-corrected chi connectivity index (χ0v) is 16.5. The number of fused-ring (bicyclic) bond motifs is 1. The lowest BCUT2D eigenvalue weighted by Gasteiger charge is -2.23. The van der Waals surface area contributed by atoms with E-state index < -0.39 is 0 Å². The molecule has 29 heavy (non-hydrogen) atoms. The Bertz CT molecular complexity index is 1060. The van der Waals surface area contributed by atoms with Crippen molar-refractivity contribution in [3.05, 3.63) is 76.8 Å². The molecule has 0 radical (unpaired) electrons. The third-order valence-electron chi connectivity index (χ3n) is 5.07. The van der Waals surface area contributed by atoms with Crippen LogP contribution in [-0.4, -0.2) is 31.1 Å². The summed E-state index contributed by atoms with van der Waals surface area (Å²) in [4.78, 5) is 25.8. The van der Waals surface area contributed by atoms with Gasteiger partial charge in [-0.05, 0) is 47.9 Å². The highest BCUT2D eigenvalue weighted by atomic mass is 35.5. The van der Waals surface area contributed by atoms with Crippen LogP contribution in [0.5, 0.6) is 0 Å². The Morgan fingerprint density at radius 3 is 2.48 bits per heavy atom. The fraction of sp³-hybridized carbons (Fsp3) is 0.217. The summed E-state index contributed by atoms with van der Waals surface area (Å²) < 4.78 is 5.34. The zero-order chi connectivity index (χ0) is 20.2. The summed E-state index contributed by atoms with van der Waals surface area (Å²) in [6.07, 6.45) is 1.54. The standard InChI is InChI=1S/C23H21ClN2O3/c24-16-8-9-21(20(14-16)23(28)25-17-10-12-29-13-11-17)26-22(27)19-7-3-5-15-4-1-2-6-18(15)19/h1-9,14,17H,10-13H2,(H,25,28)(H,26,27). The number of amides is 2. The number of ether oxygens (including phenoxy) is 1. The Morgan fingerprint density at radius 2 is 1.66 bits per heavy atom. The molecular formula is C23H21ClN2O3. The van der Waals surface area contributed by atoms with Crippen LogP contribution in [0.3, 0.4) is 0 Å². The average Bonchev–Trinajstić information content (AvgIpc) is 2.75. The number of benzene rings is 3. The maximum Gasteiger partial charge on any atom is 0.256 e. The Kier molecular flexibility index (Phi) is 5.79. The molecule has 4 rings (SSSR count). The van der Waals surface area contributed by atoms with E-state index in [1.165, 1.54) is 0 Å². The Morgan fingerprint density at radius 1 is 0.897 bits per heavy atom. The summed E-state index contributed by atoms with van der Waals surface area (Å²) in [5, 5.41) is 8.17. The maximum atomic E-state index is 13.0. The summed E-state index contributed by atoms with van der Waals surface area (Å²) >= 11 is 6.12. The molecule has 1 heterocycles. The first-order chi connectivity index (χ1) is 14.1. The minimum atomic E-state index is -0.274. The Labute approximate surface area is 174 Å². The number of carbonyl (C=O) groups excluding carboxylic acids is 2. The lowest BCUT2D eigenvalue weighted by Crippen LogP contribution is -2.39. The fourth-order valence-electron chi connectivity index (χ4n) is 3.53. The molecule has 0 atom stereocenters. The quantitative estimate of drug-likeness (QED) is 0.660. The summed E-state index contributed by atoms with van der Waals surface area (Å²) in [5.41, 5.74) is 1.32. The number of nitrogens with one attached hydrogen (secondary N) is 2.